The number of allylic oxidation sites excluding steroid dienone is 1. The second kappa shape index (κ2) is 4.62. The van der Waals surface area contributed by atoms with Crippen molar-refractivity contribution in [2.45, 2.75) is 38.7 Å². The van der Waals surface area contributed by atoms with Crippen molar-refractivity contribution < 1.29 is 9.52 Å². The van der Waals surface area contributed by atoms with Crippen molar-refractivity contribution in [3.05, 3.63) is 47.2 Å². The van der Waals surface area contributed by atoms with Crippen molar-refractivity contribution in [1.29, 1.82) is 0 Å². The van der Waals surface area contributed by atoms with Crippen molar-refractivity contribution in [3.8, 4) is 0 Å². The molecule has 0 fully saturated rings. The van der Waals surface area contributed by atoms with E-state index in [2.05, 4.69) is 19.1 Å². The van der Waals surface area contributed by atoms with E-state index in [1.165, 1.54) is 18.4 Å². The standard InChI is InChI=1S/C16H18O2/c1-11-7-8-14-13(9-11)10-15(18-14)16(17)12-5-3-2-4-6-12/h5,7-10,16-17H,2-4,6H2,1H3. The van der Waals surface area contributed by atoms with E-state index in [1.807, 2.05) is 18.2 Å². The van der Waals surface area contributed by atoms with Crippen LogP contribution < -0.4 is 0 Å². The van der Waals surface area contributed by atoms with E-state index >= 15 is 0 Å². The van der Waals surface area contributed by atoms with Crippen molar-refractivity contribution in [2.75, 3.05) is 0 Å². The number of hydrogen-bond acceptors (Lipinski definition) is 2. The summed E-state index contributed by atoms with van der Waals surface area (Å²) in [4.78, 5) is 0. The zero-order valence-corrected chi connectivity index (χ0v) is 10.6. The summed E-state index contributed by atoms with van der Waals surface area (Å²) < 4.78 is 5.75. The first-order valence-corrected chi connectivity index (χ1v) is 6.61. The van der Waals surface area contributed by atoms with E-state index in [9.17, 15) is 5.11 Å². The summed E-state index contributed by atoms with van der Waals surface area (Å²) in [6, 6.07) is 8.05. The normalized spacial score (nSPS) is 17.8. The van der Waals surface area contributed by atoms with Gasteiger partial charge in [-0.15, -0.1) is 0 Å². The molecule has 0 saturated carbocycles. The molecule has 1 aromatic heterocycles. The van der Waals surface area contributed by atoms with E-state index in [0.717, 1.165) is 29.4 Å². The molecule has 1 aromatic carbocycles. The van der Waals surface area contributed by atoms with Crippen LogP contribution in [0.3, 0.4) is 0 Å². The van der Waals surface area contributed by atoms with Crippen LogP contribution in [0.2, 0.25) is 0 Å². The smallest absolute Gasteiger partial charge is 0.138 e. The molecular formula is C16H18O2. The highest BCUT2D eigenvalue weighted by Gasteiger charge is 2.19. The Hall–Kier alpha value is -1.54. The summed E-state index contributed by atoms with van der Waals surface area (Å²) in [6.07, 6.45) is 6.05. The van der Waals surface area contributed by atoms with Crippen LogP contribution in [0.4, 0.5) is 0 Å². The number of benzene rings is 1. The Balaban J connectivity index is 1.96. The van der Waals surface area contributed by atoms with Crippen LogP contribution in [0.5, 0.6) is 0 Å². The first kappa shape index (κ1) is 11.5. The lowest BCUT2D eigenvalue weighted by atomic mass is 9.94. The van der Waals surface area contributed by atoms with E-state index in [4.69, 9.17) is 4.42 Å². The van der Waals surface area contributed by atoms with Gasteiger partial charge in [-0.05, 0) is 56.4 Å². The molecule has 0 spiro atoms. The molecule has 1 unspecified atom stereocenters. The largest absolute Gasteiger partial charge is 0.458 e. The Kier molecular flexibility index (Phi) is 2.96. The molecular weight excluding hydrogens is 224 g/mol. The molecule has 2 aromatic rings. The van der Waals surface area contributed by atoms with Gasteiger partial charge in [-0.25, -0.2) is 0 Å². The first-order chi connectivity index (χ1) is 8.74. The fraction of sp³-hybridized carbons (Fsp3) is 0.375. The van der Waals surface area contributed by atoms with Gasteiger partial charge >= 0.3 is 0 Å². The molecule has 1 aliphatic carbocycles. The topological polar surface area (TPSA) is 33.4 Å². The zero-order chi connectivity index (χ0) is 12.5. The second-order valence-corrected chi connectivity index (χ2v) is 5.12. The molecule has 0 bridgehead atoms. The van der Waals surface area contributed by atoms with Gasteiger partial charge in [0.05, 0.1) is 0 Å². The van der Waals surface area contributed by atoms with Gasteiger partial charge in [-0.2, -0.15) is 0 Å². The third-order valence-electron chi connectivity index (χ3n) is 3.64. The number of aryl methyl sites for hydroxylation is 1. The summed E-state index contributed by atoms with van der Waals surface area (Å²) in [5.74, 6) is 0.670. The van der Waals surface area contributed by atoms with Gasteiger partial charge in [0.15, 0.2) is 0 Å². The predicted molar refractivity (Wildman–Crippen MR) is 72.5 cm³/mol. The van der Waals surface area contributed by atoms with Gasteiger partial charge in [0.2, 0.25) is 0 Å². The summed E-state index contributed by atoms with van der Waals surface area (Å²) in [6.45, 7) is 2.06. The minimum absolute atomic E-state index is 0.571. The molecule has 0 saturated heterocycles. The highest BCUT2D eigenvalue weighted by atomic mass is 16.4. The van der Waals surface area contributed by atoms with Crippen LogP contribution in [0.15, 0.2) is 40.3 Å². The van der Waals surface area contributed by atoms with Crippen LogP contribution in [0, 0.1) is 6.92 Å². The summed E-state index contributed by atoms with van der Waals surface area (Å²) >= 11 is 0. The van der Waals surface area contributed by atoms with Crippen molar-refractivity contribution >= 4 is 11.0 Å². The SMILES string of the molecule is Cc1ccc2oc(C(O)C3=CCCCC3)cc2c1. The Bertz CT molecular complexity index is 592. The third-order valence-corrected chi connectivity index (χ3v) is 3.64. The summed E-state index contributed by atoms with van der Waals surface area (Å²) in [5.41, 5.74) is 3.17. The Morgan fingerprint density at radius 2 is 2.11 bits per heavy atom. The quantitative estimate of drug-likeness (QED) is 0.797. The lowest BCUT2D eigenvalue weighted by Crippen LogP contribution is -2.03. The highest BCUT2D eigenvalue weighted by molar-refractivity contribution is 5.78. The van der Waals surface area contributed by atoms with Gasteiger partial charge in [0.1, 0.15) is 17.4 Å². The molecule has 0 aliphatic heterocycles. The molecule has 3 rings (SSSR count). The molecule has 1 heterocycles. The molecule has 1 aliphatic rings. The second-order valence-electron chi connectivity index (χ2n) is 5.12. The molecule has 2 nitrogen and oxygen atoms in total. The van der Waals surface area contributed by atoms with Crippen LogP contribution in [0.25, 0.3) is 11.0 Å². The maximum Gasteiger partial charge on any atom is 0.138 e. The van der Waals surface area contributed by atoms with Gasteiger partial charge in [0.25, 0.3) is 0 Å². The number of furan rings is 1. The maximum atomic E-state index is 10.4. The van der Waals surface area contributed by atoms with E-state index in [1.54, 1.807) is 0 Å². The minimum atomic E-state index is -0.571. The third kappa shape index (κ3) is 2.08. The number of aliphatic hydroxyl groups is 1. The highest BCUT2D eigenvalue weighted by Crippen LogP contribution is 2.33. The number of fused-ring (bicyclic) bond motifs is 1. The van der Waals surface area contributed by atoms with Gasteiger partial charge in [-0.3, -0.25) is 0 Å². The lowest BCUT2D eigenvalue weighted by Gasteiger charge is -2.16. The van der Waals surface area contributed by atoms with E-state index in [0.29, 0.717) is 5.76 Å². The maximum absolute atomic E-state index is 10.4. The number of aliphatic hydroxyl groups excluding tert-OH is 1. The lowest BCUT2D eigenvalue weighted by molar-refractivity contribution is 0.181. The summed E-state index contributed by atoms with van der Waals surface area (Å²) in [7, 11) is 0. The Morgan fingerprint density at radius 1 is 1.22 bits per heavy atom. The van der Waals surface area contributed by atoms with Crippen LogP contribution in [0.1, 0.15) is 43.1 Å². The molecule has 18 heavy (non-hydrogen) atoms. The van der Waals surface area contributed by atoms with Crippen molar-refractivity contribution in [2.24, 2.45) is 0 Å². The molecule has 1 atom stereocenters. The van der Waals surface area contributed by atoms with Crippen LogP contribution >= 0.6 is 0 Å². The molecule has 94 valence electrons. The molecule has 0 radical (unpaired) electrons. The van der Waals surface area contributed by atoms with E-state index in [-0.39, 0.29) is 0 Å². The zero-order valence-electron chi connectivity index (χ0n) is 10.6. The summed E-state index contributed by atoms with van der Waals surface area (Å²) in [5, 5.41) is 11.4. The number of hydrogen-bond donors (Lipinski definition) is 1. The van der Waals surface area contributed by atoms with Crippen molar-refractivity contribution in [3.63, 3.8) is 0 Å². The average Bonchev–Trinajstić information content (AvgIpc) is 2.81. The Labute approximate surface area is 107 Å². The number of rotatable bonds is 2. The minimum Gasteiger partial charge on any atom is -0.458 e. The Morgan fingerprint density at radius 3 is 2.89 bits per heavy atom. The monoisotopic (exact) mass is 242 g/mol. The van der Waals surface area contributed by atoms with Crippen LogP contribution in [-0.4, -0.2) is 5.11 Å². The first-order valence-electron chi connectivity index (χ1n) is 6.61. The van der Waals surface area contributed by atoms with Crippen molar-refractivity contribution in [1.82, 2.24) is 0 Å². The van der Waals surface area contributed by atoms with Gasteiger partial charge in [-0.1, -0.05) is 17.7 Å². The average molecular weight is 242 g/mol. The molecule has 2 heteroatoms. The molecule has 0 amide bonds. The van der Waals surface area contributed by atoms with Gasteiger partial charge in [0, 0.05) is 5.39 Å². The fourth-order valence-corrected chi connectivity index (χ4v) is 2.61. The van der Waals surface area contributed by atoms with Crippen LogP contribution in [-0.2, 0) is 0 Å². The fourth-order valence-electron chi connectivity index (χ4n) is 2.61. The van der Waals surface area contributed by atoms with Gasteiger partial charge < -0.3 is 9.52 Å². The van der Waals surface area contributed by atoms with E-state index < -0.39 is 6.10 Å². The molecule has 1 N–H and O–H groups in total. The predicted octanol–water partition coefficient (Wildman–Crippen LogP) is 4.28.